The summed E-state index contributed by atoms with van der Waals surface area (Å²) in [6, 6.07) is 5.69. The van der Waals surface area contributed by atoms with Crippen LogP contribution in [-0.2, 0) is 0 Å². The Bertz CT molecular complexity index is 398. The normalized spacial score (nSPS) is 17.6. The predicted octanol–water partition coefficient (Wildman–Crippen LogP) is 1.71. The van der Waals surface area contributed by atoms with E-state index in [1.165, 1.54) is 0 Å². The van der Waals surface area contributed by atoms with Gasteiger partial charge >= 0.3 is 0 Å². The van der Waals surface area contributed by atoms with Crippen molar-refractivity contribution in [3.63, 3.8) is 0 Å². The van der Waals surface area contributed by atoms with Gasteiger partial charge in [0, 0.05) is 26.2 Å². The summed E-state index contributed by atoms with van der Waals surface area (Å²) in [5.41, 5.74) is 1.04. The Kier molecular flexibility index (Phi) is 6.89. The van der Waals surface area contributed by atoms with E-state index in [1.54, 1.807) is 7.11 Å². The number of hydrogen-bond donors (Lipinski definition) is 2. The van der Waals surface area contributed by atoms with Crippen molar-refractivity contribution in [2.24, 2.45) is 0 Å². The minimum atomic E-state index is 0. The van der Waals surface area contributed by atoms with E-state index in [1.807, 2.05) is 18.2 Å². The number of benzene rings is 1. The van der Waals surface area contributed by atoms with E-state index in [9.17, 15) is 5.11 Å². The number of aliphatic hydroxyl groups is 1. The second kappa shape index (κ2) is 7.92. The second-order valence-corrected chi connectivity index (χ2v) is 4.79. The van der Waals surface area contributed by atoms with Crippen LogP contribution in [0.15, 0.2) is 18.2 Å². The third kappa shape index (κ3) is 3.97. The van der Waals surface area contributed by atoms with Crippen molar-refractivity contribution in [3.8, 4) is 5.75 Å². The average molecular weight is 307 g/mol. The Balaban J connectivity index is 0.00000180. The largest absolute Gasteiger partial charge is 0.495 e. The van der Waals surface area contributed by atoms with E-state index in [0.717, 1.165) is 31.7 Å². The zero-order chi connectivity index (χ0) is 13.0. The predicted molar refractivity (Wildman–Crippen MR) is 79.5 cm³/mol. The fraction of sp³-hybridized carbons (Fsp3) is 0.538. The van der Waals surface area contributed by atoms with Crippen LogP contribution in [0, 0.1) is 0 Å². The molecule has 2 rings (SSSR count). The van der Waals surface area contributed by atoms with Crippen LogP contribution >= 0.6 is 24.0 Å². The molecule has 1 aliphatic rings. The van der Waals surface area contributed by atoms with Crippen molar-refractivity contribution in [1.29, 1.82) is 0 Å². The fourth-order valence-corrected chi connectivity index (χ4v) is 2.50. The molecule has 1 heterocycles. The average Bonchev–Trinajstić information content (AvgIpc) is 2.42. The number of nitrogens with zero attached hydrogens (tertiary/aromatic N) is 1. The molecule has 0 saturated carbocycles. The molecule has 0 amide bonds. The molecule has 2 N–H and O–H groups in total. The SMILES string of the molecule is COc1cc([C@H](CO)N2CCNCC2)ccc1Cl.Cl. The molecule has 19 heavy (non-hydrogen) atoms. The highest BCUT2D eigenvalue weighted by Gasteiger charge is 2.22. The van der Waals surface area contributed by atoms with Crippen LogP contribution in [0.5, 0.6) is 5.75 Å². The number of hydrogen-bond acceptors (Lipinski definition) is 4. The highest BCUT2D eigenvalue weighted by atomic mass is 35.5. The molecule has 1 aromatic carbocycles. The molecule has 1 atom stereocenters. The number of rotatable bonds is 4. The van der Waals surface area contributed by atoms with Gasteiger partial charge in [0.1, 0.15) is 5.75 Å². The minimum absolute atomic E-state index is 0. The lowest BCUT2D eigenvalue weighted by atomic mass is 10.0. The molecule has 0 bridgehead atoms. The Morgan fingerprint density at radius 2 is 2.11 bits per heavy atom. The van der Waals surface area contributed by atoms with Gasteiger partial charge in [-0.25, -0.2) is 0 Å². The first-order valence-corrected chi connectivity index (χ1v) is 6.53. The summed E-state index contributed by atoms with van der Waals surface area (Å²) in [6.45, 7) is 3.90. The number of piperazine rings is 1. The molecule has 108 valence electrons. The minimum Gasteiger partial charge on any atom is -0.495 e. The molecule has 0 radical (unpaired) electrons. The summed E-state index contributed by atoms with van der Waals surface area (Å²) in [4.78, 5) is 2.28. The second-order valence-electron chi connectivity index (χ2n) is 4.38. The van der Waals surface area contributed by atoms with Gasteiger partial charge in [0.15, 0.2) is 0 Å². The standard InChI is InChI=1S/C13H19ClN2O2.ClH/c1-18-13-8-10(2-3-11(13)14)12(9-17)16-6-4-15-5-7-16;/h2-3,8,12,15,17H,4-7,9H2,1H3;1H/t12-;/m0./s1. The molecular weight excluding hydrogens is 287 g/mol. The molecule has 4 nitrogen and oxygen atoms in total. The summed E-state index contributed by atoms with van der Waals surface area (Å²) in [5.74, 6) is 0.655. The molecule has 0 aromatic heterocycles. The molecule has 0 spiro atoms. The number of aliphatic hydroxyl groups excluding tert-OH is 1. The van der Waals surface area contributed by atoms with Crippen molar-refractivity contribution in [2.45, 2.75) is 6.04 Å². The highest BCUT2D eigenvalue weighted by Crippen LogP contribution is 2.30. The van der Waals surface area contributed by atoms with E-state index in [4.69, 9.17) is 16.3 Å². The quantitative estimate of drug-likeness (QED) is 0.889. The van der Waals surface area contributed by atoms with Crippen LogP contribution in [0.2, 0.25) is 5.02 Å². The van der Waals surface area contributed by atoms with E-state index >= 15 is 0 Å². The number of ether oxygens (including phenoxy) is 1. The Morgan fingerprint density at radius 1 is 1.42 bits per heavy atom. The lowest BCUT2D eigenvalue weighted by Gasteiger charge is -2.34. The van der Waals surface area contributed by atoms with E-state index in [-0.39, 0.29) is 25.1 Å². The Morgan fingerprint density at radius 3 is 2.68 bits per heavy atom. The summed E-state index contributed by atoms with van der Waals surface area (Å²) in [6.07, 6.45) is 0. The van der Waals surface area contributed by atoms with Crippen LogP contribution < -0.4 is 10.1 Å². The topological polar surface area (TPSA) is 44.7 Å². The van der Waals surface area contributed by atoms with Gasteiger partial charge in [0.2, 0.25) is 0 Å². The zero-order valence-electron chi connectivity index (χ0n) is 10.9. The van der Waals surface area contributed by atoms with Gasteiger partial charge in [-0.2, -0.15) is 0 Å². The zero-order valence-corrected chi connectivity index (χ0v) is 12.5. The number of methoxy groups -OCH3 is 1. The molecule has 1 aromatic rings. The maximum Gasteiger partial charge on any atom is 0.137 e. The highest BCUT2D eigenvalue weighted by molar-refractivity contribution is 6.32. The first-order chi connectivity index (χ1) is 8.76. The van der Waals surface area contributed by atoms with Gasteiger partial charge in [-0.05, 0) is 17.7 Å². The van der Waals surface area contributed by atoms with E-state index in [2.05, 4.69) is 10.2 Å². The van der Waals surface area contributed by atoms with Crippen LogP contribution in [0.3, 0.4) is 0 Å². The smallest absolute Gasteiger partial charge is 0.137 e. The summed E-state index contributed by atoms with van der Waals surface area (Å²) >= 11 is 6.02. The van der Waals surface area contributed by atoms with Crippen LogP contribution in [0.4, 0.5) is 0 Å². The molecule has 0 unspecified atom stereocenters. The van der Waals surface area contributed by atoms with Gasteiger partial charge in [-0.15, -0.1) is 12.4 Å². The Labute approximate surface area is 125 Å². The maximum absolute atomic E-state index is 9.63. The van der Waals surface area contributed by atoms with Crippen LogP contribution in [0.1, 0.15) is 11.6 Å². The van der Waals surface area contributed by atoms with E-state index < -0.39 is 0 Å². The number of nitrogens with one attached hydrogen (secondary N) is 1. The van der Waals surface area contributed by atoms with Crippen molar-refractivity contribution >= 4 is 24.0 Å². The number of halogens is 2. The van der Waals surface area contributed by atoms with Gasteiger partial charge in [0.25, 0.3) is 0 Å². The lowest BCUT2D eigenvalue weighted by Crippen LogP contribution is -2.46. The van der Waals surface area contributed by atoms with Crippen LogP contribution in [-0.4, -0.2) is 49.9 Å². The molecule has 1 saturated heterocycles. The summed E-state index contributed by atoms with van der Waals surface area (Å²) in [5, 5.41) is 13.5. The van der Waals surface area contributed by atoms with Gasteiger partial charge < -0.3 is 15.2 Å². The monoisotopic (exact) mass is 306 g/mol. The summed E-state index contributed by atoms with van der Waals surface area (Å²) in [7, 11) is 1.60. The molecule has 1 fully saturated rings. The van der Waals surface area contributed by atoms with Crippen molar-refractivity contribution in [2.75, 3.05) is 39.9 Å². The third-order valence-corrected chi connectivity index (χ3v) is 3.64. The third-order valence-electron chi connectivity index (χ3n) is 3.33. The first-order valence-electron chi connectivity index (χ1n) is 6.15. The van der Waals surface area contributed by atoms with Crippen molar-refractivity contribution < 1.29 is 9.84 Å². The van der Waals surface area contributed by atoms with Crippen LogP contribution in [0.25, 0.3) is 0 Å². The fourth-order valence-electron chi connectivity index (χ4n) is 2.31. The molecule has 6 heteroatoms. The van der Waals surface area contributed by atoms with Crippen molar-refractivity contribution in [1.82, 2.24) is 10.2 Å². The molecule has 1 aliphatic heterocycles. The molecule has 0 aliphatic carbocycles. The Hall–Kier alpha value is -0.520. The van der Waals surface area contributed by atoms with Gasteiger partial charge in [0.05, 0.1) is 24.8 Å². The van der Waals surface area contributed by atoms with Crippen molar-refractivity contribution in [3.05, 3.63) is 28.8 Å². The van der Waals surface area contributed by atoms with Gasteiger partial charge in [-0.1, -0.05) is 17.7 Å². The molecular formula is C13H20Cl2N2O2. The lowest BCUT2D eigenvalue weighted by molar-refractivity contribution is 0.110. The van der Waals surface area contributed by atoms with Gasteiger partial charge in [-0.3, -0.25) is 4.90 Å². The summed E-state index contributed by atoms with van der Waals surface area (Å²) < 4.78 is 5.22. The van der Waals surface area contributed by atoms with E-state index in [0.29, 0.717) is 10.8 Å². The first kappa shape index (κ1) is 16.5. The maximum atomic E-state index is 9.63.